The van der Waals surface area contributed by atoms with Crippen molar-refractivity contribution in [2.45, 2.75) is 0 Å². The van der Waals surface area contributed by atoms with E-state index in [-0.39, 0.29) is 0 Å². The van der Waals surface area contributed by atoms with Crippen LogP contribution < -0.4 is 10.2 Å². The highest BCUT2D eigenvalue weighted by Crippen LogP contribution is 2.23. The van der Waals surface area contributed by atoms with E-state index < -0.39 is 0 Å². The third kappa shape index (κ3) is 1.99. The molecule has 1 fully saturated rings. The topological polar surface area (TPSA) is 67.4 Å². The number of nitrogens with one attached hydrogen (secondary N) is 1. The van der Waals surface area contributed by atoms with Crippen molar-refractivity contribution >= 4 is 28.0 Å². The van der Waals surface area contributed by atoms with E-state index in [9.17, 15) is 4.79 Å². The first-order valence-corrected chi connectivity index (χ1v) is 5.08. The average Bonchev–Trinajstić information content (AvgIpc) is 2.68. The van der Waals surface area contributed by atoms with E-state index in [0.717, 1.165) is 31.4 Å². The maximum Gasteiger partial charge on any atom is 0.213 e. The highest BCUT2D eigenvalue weighted by Gasteiger charge is 2.15. The molecule has 2 heterocycles. The summed E-state index contributed by atoms with van der Waals surface area (Å²) in [6, 6.07) is 0. The fourth-order valence-electron chi connectivity index (χ4n) is 1.21. The lowest BCUT2D eigenvalue weighted by Gasteiger charge is -2.25. The van der Waals surface area contributed by atoms with Crippen molar-refractivity contribution in [3.63, 3.8) is 0 Å². The van der Waals surface area contributed by atoms with Crippen molar-refractivity contribution in [2.24, 2.45) is 0 Å². The number of ether oxygens (including phenoxy) is 1. The largest absolute Gasteiger partial charge is 0.378 e. The number of morpholine rings is 1. The van der Waals surface area contributed by atoms with E-state index in [1.807, 2.05) is 0 Å². The minimum absolute atomic E-state index is 0.529. The quantitative estimate of drug-likeness (QED) is 0.714. The molecule has 2 rings (SSSR count). The molecule has 6 nitrogen and oxygen atoms in total. The van der Waals surface area contributed by atoms with Gasteiger partial charge in [-0.05, 0) is 0 Å². The third-order valence-corrected chi connectivity index (χ3v) is 2.79. The van der Waals surface area contributed by atoms with Gasteiger partial charge in [0, 0.05) is 13.1 Å². The maximum atomic E-state index is 10.2. The van der Waals surface area contributed by atoms with E-state index in [1.54, 1.807) is 0 Å². The lowest BCUT2D eigenvalue weighted by molar-refractivity contribution is -0.105. The second-order valence-electron chi connectivity index (χ2n) is 2.75. The molecule has 0 atom stereocenters. The van der Waals surface area contributed by atoms with Gasteiger partial charge in [-0.25, -0.2) is 0 Å². The van der Waals surface area contributed by atoms with E-state index in [4.69, 9.17) is 4.74 Å². The fourth-order valence-corrected chi connectivity index (χ4v) is 1.96. The highest BCUT2D eigenvalue weighted by molar-refractivity contribution is 7.19. The minimum Gasteiger partial charge on any atom is -0.378 e. The Kier molecular flexibility index (Phi) is 2.90. The molecule has 0 unspecified atom stereocenters. The van der Waals surface area contributed by atoms with Gasteiger partial charge in [-0.1, -0.05) is 11.3 Å². The number of carbonyl (C=O) groups excluding carboxylic acids is 1. The molecule has 0 bridgehead atoms. The minimum atomic E-state index is 0.529. The SMILES string of the molecule is O=CNc1nnc(N2CCOCC2)s1. The highest BCUT2D eigenvalue weighted by atomic mass is 32.1. The molecule has 1 aliphatic heterocycles. The molecular weight excluding hydrogens is 204 g/mol. The van der Waals surface area contributed by atoms with Gasteiger partial charge in [0.1, 0.15) is 0 Å². The Morgan fingerprint density at radius 3 is 2.93 bits per heavy atom. The lowest BCUT2D eigenvalue weighted by Crippen LogP contribution is -2.36. The van der Waals surface area contributed by atoms with Gasteiger partial charge in [-0.3, -0.25) is 4.79 Å². The molecule has 0 spiro atoms. The predicted octanol–water partition coefficient (Wildman–Crippen LogP) is -0.0570. The Hall–Kier alpha value is -1.21. The molecule has 1 amide bonds. The van der Waals surface area contributed by atoms with Crippen LogP contribution in [0.2, 0.25) is 0 Å². The van der Waals surface area contributed by atoms with Crippen LogP contribution >= 0.6 is 11.3 Å². The number of hydrogen-bond acceptors (Lipinski definition) is 6. The van der Waals surface area contributed by atoms with Crippen LogP contribution in [0, 0.1) is 0 Å². The summed E-state index contributed by atoms with van der Waals surface area (Å²) in [5.74, 6) is 0. The summed E-state index contributed by atoms with van der Waals surface area (Å²) in [4.78, 5) is 12.2. The van der Waals surface area contributed by atoms with Crippen molar-refractivity contribution in [1.29, 1.82) is 0 Å². The number of rotatable bonds is 3. The average molecular weight is 214 g/mol. The van der Waals surface area contributed by atoms with E-state index >= 15 is 0 Å². The summed E-state index contributed by atoms with van der Waals surface area (Å²) < 4.78 is 5.22. The van der Waals surface area contributed by atoms with Gasteiger partial charge in [-0.15, -0.1) is 10.2 Å². The molecule has 14 heavy (non-hydrogen) atoms. The zero-order valence-electron chi connectivity index (χ0n) is 7.47. The smallest absolute Gasteiger partial charge is 0.213 e. The van der Waals surface area contributed by atoms with Crippen molar-refractivity contribution in [3.8, 4) is 0 Å². The first-order chi connectivity index (χ1) is 6.90. The van der Waals surface area contributed by atoms with Crippen LogP contribution in [0.25, 0.3) is 0 Å². The molecule has 1 N–H and O–H groups in total. The number of carbonyl (C=O) groups is 1. The Bertz CT molecular complexity index is 310. The van der Waals surface area contributed by atoms with E-state index in [0.29, 0.717) is 11.5 Å². The molecule has 1 saturated heterocycles. The van der Waals surface area contributed by atoms with Gasteiger partial charge < -0.3 is 15.0 Å². The molecule has 1 aromatic rings. The molecule has 1 aromatic heterocycles. The van der Waals surface area contributed by atoms with Gasteiger partial charge in [0.05, 0.1) is 13.2 Å². The first-order valence-electron chi connectivity index (χ1n) is 4.26. The van der Waals surface area contributed by atoms with Crippen molar-refractivity contribution in [3.05, 3.63) is 0 Å². The Morgan fingerprint density at radius 1 is 1.43 bits per heavy atom. The van der Waals surface area contributed by atoms with E-state index in [2.05, 4.69) is 20.4 Å². The standard InChI is InChI=1S/C7H10N4O2S/c12-5-8-6-9-10-7(14-6)11-1-3-13-4-2-11/h5H,1-4H2,(H,8,9,12). The Balaban J connectivity index is 2.03. The monoisotopic (exact) mass is 214 g/mol. The van der Waals surface area contributed by atoms with Gasteiger partial charge in [-0.2, -0.15) is 0 Å². The Labute approximate surface area is 84.9 Å². The van der Waals surface area contributed by atoms with Crippen LogP contribution in [0.15, 0.2) is 0 Å². The van der Waals surface area contributed by atoms with Crippen LogP contribution in [-0.2, 0) is 9.53 Å². The number of amides is 1. The van der Waals surface area contributed by atoms with Gasteiger partial charge in [0.2, 0.25) is 16.7 Å². The number of anilines is 2. The van der Waals surface area contributed by atoms with E-state index in [1.165, 1.54) is 11.3 Å². The van der Waals surface area contributed by atoms with Crippen molar-refractivity contribution < 1.29 is 9.53 Å². The van der Waals surface area contributed by atoms with Crippen LogP contribution in [0.1, 0.15) is 0 Å². The molecule has 0 aromatic carbocycles. The summed E-state index contributed by atoms with van der Waals surface area (Å²) in [5.41, 5.74) is 0. The second kappa shape index (κ2) is 4.34. The molecule has 76 valence electrons. The normalized spacial score (nSPS) is 16.7. The predicted molar refractivity (Wildman–Crippen MR) is 52.6 cm³/mol. The van der Waals surface area contributed by atoms with Crippen LogP contribution in [-0.4, -0.2) is 42.9 Å². The molecular formula is C7H10N4O2S. The summed E-state index contributed by atoms with van der Waals surface area (Å²) in [7, 11) is 0. The Morgan fingerprint density at radius 2 is 2.21 bits per heavy atom. The number of nitrogens with zero attached hydrogens (tertiary/aromatic N) is 3. The third-order valence-electron chi connectivity index (χ3n) is 1.88. The summed E-state index contributed by atoms with van der Waals surface area (Å²) >= 11 is 1.37. The summed E-state index contributed by atoms with van der Waals surface area (Å²) in [5, 5.41) is 11.6. The van der Waals surface area contributed by atoms with Gasteiger partial charge in [0.25, 0.3) is 0 Å². The molecule has 0 radical (unpaired) electrons. The maximum absolute atomic E-state index is 10.2. The zero-order chi connectivity index (χ0) is 9.80. The first kappa shape index (κ1) is 9.35. The fraction of sp³-hybridized carbons (Fsp3) is 0.571. The van der Waals surface area contributed by atoms with Crippen LogP contribution in [0.4, 0.5) is 10.3 Å². The number of hydrogen-bond donors (Lipinski definition) is 1. The molecule has 0 saturated carbocycles. The summed E-state index contributed by atoms with van der Waals surface area (Å²) in [6.07, 6.45) is 0.601. The lowest BCUT2D eigenvalue weighted by atomic mass is 10.5. The second-order valence-corrected chi connectivity index (χ2v) is 3.71. The molecule has 1 aliphatic rings. The van der Waals surface area contributed by atoms with Gasteiger partial charge in [0.15, 0.2) is 0 Å². The van der Waals surface area contributed by atoms with Crippen molar-refractivity contribution in [2.75, 3.05) is 36.5 Å². The number of aromatic nitrogens is 2. The summed E-state index contributed by atoms with van der Waals surface area (Å²) in [6.45, 7) is 3.09. The van der Waals surface area contributed by atoms with Crippen molar-refractivity contribution in [1.82, 2.24) is 10.2 Å². The van der Waals surface area contributed by atoms with Crippen LogP contribution in [0.3, 0.4) is 0 Å². The molecule has 0 aliphatic carbocycles. The zero-order valence-corrected chi connectivity index (χ0v) is 8.29. The van der Waals surface area contributed by atoms with Crippen LogP contribution in [0.5, 0.6) is 0 Å². The molecule has 7 heteroatoms. The van der Waals surface area contributed by atoms with Gasteiger partial charge >= 0.3 is 0 Å².